The number of ether oxygens (including phenoxy) is 2. The van der Waals surface area contributed by atoms with Gasteiger partial charge in [-0.1, -0.05) is 43.3 Å². The van der Waals surface area contributed by atoms with Crippen LogP contribution in [0.15, 0.2) is 48.5 Å². The molecule has 3 N–H and O–H groups in total. The van der Waals surface area contributed by atoms with Crippen LogP contribution in [-0.2, 0) is 18.6 Å². The highest BCUT2D eigenvalue weighted by atomic mass is 123. The molecule has 34 heavy (non-hydrogen) atoms. The molecule has 1 aromatic heterocycles. The lowest BCUT2D eigenvalue weighted by atomic mass is 9.78. The highest BCUT2D eigenvalue weighted by Crippen LogP contribution is 2.33. The lowest BCUT2D eigenvalue weighted by molar-refractivity contribution is 0.0866. The molecule has 0 unspecified atom stereocenters. The third kappa shape index (κ3) is 6.82. The molecular weight excluding hydrogens is 569 g/mol. The van der Waals surface area contributed by atoms with Gasteiger partial charge >= 0.3 is 0 Å². The SMILES string of the molecule is CC(C)(c1ccc(OC[C@H](O)CCl)cc1)c1ccc(OC[C@@H](O)Cn2nnc([123I])c2CO)cc1. The van der Waals surface area contributed by atoms with Gasteiger partial charge in [-0.3, -0.25) is 0 Å². The van der Waals surface area contributed by atoms with Crippen molar-refractivity contribution in [1.29, 1.82) is 0 Å². The second-order valence-electron chi connectivity index (χ2n) is 8.42. The molecule has 10 heteroatoms. The van der Waals surface area contributed by atoms with Crippen LogP contribution in [0.1, 0.15) is 30.7 Å². The fourth-order valence-corrected chi connectivity index (χ4v) is 4.02. The maximum Gasteiger partial charge on any atom is 0.149 e. The summed E-state index contributed by atoms with van der Waals surface area (Å²) < 4.78 is 13.4. The zero-order valence-corrected chi connectivity index (χ0v) is 22.0. The number of rotatable bonds is 12. The molecule has 1 heterocycles. The molecule has 0 radical (unpaired) electrons. The predicted octanol–water partition coefficient (Wildman–Crippen LogP) is 3.12. The molecule has 0 saturated heterocycles. The van der Waals surface area contributed by atoms with Crippen LogP contribution in [0.5, 0.6) is 11.5 Å². The molecule has 0 saturated carbocycles. The first-order chi connectivity index (χ1) is 16.2. The number of aliphatic hydroxyl groups is 3. The molecule has 8 nitrogen and oxygen atoms in total. The summed E-state index contributed by atoms with van der Waals surface area (Å²) in [5.41, 5.74) is 2.54. The summed E-state index contributed by atoms with van der Waals surface area (Å²) in [4.78, 5) is 0. The number of hydrogen-bond donors (Lipinski definition) is 3. The standard InChI is InChI=1S/C24H29ClIN3O5/c1-24(2,16-3-7-20(8-4-16)33-14-18(31)11-25)17-5-9-21(10-6-17)34-15-19(32)12-29-22(13-30)23(26)27-28-29/h3-10,18-19,30-32H,11-15H2,1-2H3/t18-,19+/m1/s1/i26-4. The van der Waals surface area contributed by atoms with Crippen LogP contribution < -0.4 is 9.47 Å². The molecule has 0 aliphatic rings. The highest BCUT2D eigenvalue weighted by Gasteiger charge is 2.23. The maximum absolute atomic E-state index is 10.3. The van der Waals surface area contributed by atoms with Gasteiger partial charge in [-0.2, -0.15) is 0 Å². The first-order valence-corrected chi connectivity index (χ1v) is 12.4. The lowest BCUT2D eigenvalue weighted by Crippen LogP contribution is -2.25. The normalized spacial score (nSPS) is 13.5. The van der Waals surface area contributed by atoms with Crippen LogP contribution in [0, 0.1) is 3.70 Å². The van der Waals surface area contributed by atoms with Gasteiger partial charge in [-0.25, -0.2) is 4.68 Å². The fourth-order valence-electron chi connectivity index (χ4n) is 3.39. The van der Waals surface area contributed by atoms with Crippen LogP contribution in [0.2, 0.25) is 0 Å². The zero-order valence-electron chi connectivity index (χ0n) is 19.1. The van der Waals surface area contributed by atoms with E-state index in [0.717, 1.165) is 11.1 Å². The van der Waals surface area contributed by atoms with Gasteiger partial charge in [0, 0.05) is 5.41 Å². The van der Waals surface area contributed by atoms with Crippen molar-refractivity contribution in [2.45, 2.75) is 44.6 Å². The molecule has 3 aromatic rings. The van der Waals surface area contributed by atoms with E-state index in [4.69, 9.17) is 21.1 Å². The number of halogens is 2. The summed E-state index contributed by atoms with van der Waals surface area (Å²) in [5.74, 6) is 1.46. The van der Waals surface area contributed by atoms with E-state index in [-0.39, 0.29) is 37.7 Å². The van der Waals surface area contributed by atoms with E-state index in [0.29, 0.717) is 20.9 Å². The van der Waals surface area contributed by atoms with Crippen molar-refractivity contribution in [3.8, 4) is 11.5 Å². The molecule has 3 rings (SSSR count). The Bertz CT molecular complexity index is 1040. The van der Waals surface area contributed by atoms with E-state index in [1.54, 1.807) is 0 Å². The average molecular weight is 598 g/mol. The quantitative estimate of drug-likeness (QED) is 0.217. The molecule has 0 amide bonds. The summed E-state index contributed by atoms with van der Waals surface area (Å²) >= 11 is 7.59. The first kappa shape index (κ1) is 26.7. The second kappa shape index (κ2) is 12.2. The minimum Gasteiger partial charge on any atom is -0.491 e. The molecule has 0 bridgehead atoms. The monoisotopic (exact) mass is 597 g/mol. The molecule has 0 aliphatic heterocycles. The minimum absolute atomic E-state index is 0.0872. The first-order valence-electron chi connectivity index (χ1n) is 10.8. The summed E-state index contributed by atoms with van der Waals surface area (Å²) in [5, 5.41) is 37.1. The maximum atomic E-state index is 10.3. The van der Waals surface area contributed by atoms with E-state index in [1.165, 1.54) is 4.68 Å². The van der Waals surface area contributed by atoms with Crippen molar-refractivity contribution in [3.63, 3.8) is 0 Å². The fraction of sp³-hybridized carbons (Fsp3) is 0.417. The molecule has 0 spiro atoms. The Balaban J connectivity index is 1.57. The van der Waals surface area contributed by atoms with Gasteiger partial charge in [0.1, 0.15) is 40.6 Å². The highest BCUT2D eigenvalue weighted by molar-refractivity contribution is 14.1. The largest absolute Gasteiger partial charge is 0.491 e. The Kier molecular flexibility index (Phi) is 9.55. The van der Waals surface area contributed by atoms with Crippen molar-refractivity contribution in [1.82, 2.24) is 15.0 Å². The van der Waals surface area contributed by atoms with Crippen molar-refractivity contribution < 1.29 is 24.8 Å². The number of benzene rings is 2. The molecular formula is C24H29ClIN3O5. The van der Waals surface area contributed by atoms with Crippen molar-refractivity contribution in [2.75, 3.05) is 19.1 Å². The Morgan fingerprint density at radius 2 is 1.44 bits per heavy atom. The number of hydrogen-bond acceptors (Lipinski definition) is 7. The summed E-state index contributed by atoms with van der Waals surface area (Å²) in [7, 11) is 0. The van der Waals surface area contributed by atoms with Gasteiger partial charge in [0.05, 0.1) is 24.7 Å². The number of aromatic nitrogens is 3. The van der Waals surface area contributed by atoms with Crippen LogP contribution in [0.4, 0.5) is 0 Å². The van der Waals surface area contributed by atoms with E-state index in [1.807, 2.05) is 71.1 Å². The molecule has 0 fully saturated rings. The number of aliphatic hydroxyl groups excluding tert-OH is 3. The lowest BCUT2D eigenvalue weighted by Gasteiger charge is -2.26. The molecule has 2 aromatic carbocycles. The summed E-state index contributed by atoms with van der Waals surface area (Å²) in [6.45, 7) is 4.51. The van der Waals surface area contributed by atoms with Crippen LogP contribution in [-0.4, -0.2) is 61.6 Å². The Morgan fingerprint density at radius 3 is 1.91 bits per heavy atom. The molecule has 2 atom stereocenters. The zero-order chi connectivity index (χ0) is 24.7. The van der Waals surface area contributed by atoms with Crippen LogP contribution in [0.25, 0.3) is 0 Å². The third-order valence-corrected chi connectivity index (χ3v) is 6.73. The van der Waals surface area contributed by atoms with Gasteiger partial charge in [-0.15, -0.1) is 16.7 Å². The average Bonchev–Trinajstić information content (AvgIpc) is 3.20. The van der Waals surface area contributed by atoms with E-state index >= 15 is 0 Å². The second-order valence-corrected chi connectivity index (χ2v) is 9.76. The predicted molar refractivity (Wildman–Crippen MR) is 137 cm³/mol. The smallest absolute Gasteiger partial charge is 0.149 e. The van der Waals surface area contributed by atoms with Crippen molar-refractivity contribution >= 4 is 34.2 Å². The minimum atomic E-state index is -0.801. The van der Waals surface area contributed by atoms with Gasteiger partial charge in [0.25, 0.3) is 0 Å². The van der Waals surface area contributed by atoms with Gasteiger partial charge in [-0.05, 0) is 58.0 Å². The van der Waals surface area contributed by atoms with Crippen LogP contribution >= 0.6 is 34.2 Å². The number of alkyl halides is 1. The number of nitrogens with zero attached hydrogens (tertiary/aromatic N) is 3. The van der Waals surface area contributed by atoms with Gasteiger partial charge in [0.15, 0.2) is 0 Å². The Morgan fingerprint density at radius 1 is 0.941 bits per heavy atom. The molecule has 184 valence electrons. The van der Waals surface area contributed by atoms with Gasteiger partial charge < -0.3 is 24.8 Å². The van der Waals surface area contributed by atoms with E-state index in [2.05, 4.69) is 24.2 Å². The summed E-state index contributed by atoms with van der Waals surface area (Å²) in [6, 6.07) is 15.6. The van der Waals surface area contributed by atoms with E-state index < -0.39 is 12.2 Å². The summed E-state index contributed by atoms with van der Waals surface area (Å²) in [6.07, 6.45) is -1.49. The topological polar surface area (TPSA) is 110 Å². The Hall–Kier alpha value is -1.92. The Labute approximate surface area is 217 Å². The van der Waals surface area contributed by atoms with Crippen molar-refractivity contribution in [3.05, 3.63) is 69.1 Å². The van der Waals surface area contributed by atoms with E-state index in [9.17, 15) is 15.3 Å². The van der Waals surface area contributed by atoms with Gasteiger partial charge in [0.2, 0.25) is 0 Å². The third-order valence-electron chi connectivity index (χ3n) is 5.54. The van der Waals surface area contributed by atoms with Crippen molar-refractivity contribution in [2.24, 2.45) is 0 Å². The van der Waals surface area contributed by atoms with Crippen LogP contribution in [0.3, 0.4) is 0 Å². The molecule has 0 aliphatic carbocycles.